The van der Waals surface area contributed by atoms with Crippen LogP contribution in [0.5, 0.6) is 0 Å². The first-order valence-electron chi connectivity index (χ1n) is 13.4. The zero-order valence-corrected chi connectivity index (χ0v) is 20.1. The number of amides is 1. The Kier molecular flexibility index (Phi) is 8.90. The van der Waals surface area contributed by atoms with Crippen LogP contribution in [0.2, 0.25) is 0 Å². The van der Waals surface area contributed by atoms with E-state index in [0.717, 1.165) is 38.8 Å². The first kappa shape index (κ1) is 24.0. The van der Waals surface area contributed by atoms with Crippen molar-refractivity contribution in [2.75, 3.05) is 39.4 Å². The van der Waals surface area contributed by atoms with Crippen molar-refractivity contribution in [3.8, 4) is 0 Å². The molecule has 182 valence electrons. The van der Waals surface area contributed by atoms with Crippen LogP contribution < -0.4 is 0 Å². The first-order valence-corrected chi connectivity index (χ1v) is 13.4. The molecule has 0 radical (unpaired) electrons. The normalized spacial score (nSPS) is 30.9. The van der Waals surface area contributed by atoms with E-state index in [2.05, 4.69) is 11.0 Å². The fourth-order valence-corrected chi connectivity index (χ4v) is 6.53. The summed E-state index contributed by atoms with van der Waals surface area (Å²) in [5.41, 5.74) is 0. The van der Waals surface area contributed by atoms with Gasteiger partial charge in [0, 0.05) is 38.3 Å². The van der Waals surface area contributed by atoms with Crippen molar-refractivity contribution in [3.63, 3.8) is 0 Å². The van der Waals surface area contributed by atoms with E-state index in [1.54, 1.807) is 0 Å². The van der Waals surface area contributed by atoms with Gasteiger partial charge < -0.3 is 24.4 Å². The van der Waals surface area contributed by atoms with Crippen molar-refractivity contribution in [2.24, 2.45) is 17.8 Å². The average molecular weight is 449 g/mol. The molecule has 3 atom stereocenters. The number of piperidine rings is 2. The fourth-order valence-electron chi connectivity index (χ4n) is 6.53. The van der Waals surface area contributed by atoms with Gasteiger partial charge in [0.2, 0.25) is 6.29 Å². The molecule has 1 saturated carbocycles. The summed E-state index contributed by atoms with van der Waals surface area (Å²) in [6.07, 6.45) is 14.5. The van der Waals surface area contributed by atoms with Gasteiger partial charge in [-0.3, -0.25) is 4.79 Å². The number of likely N-dealkylation sites (tertiary alicyclic amines) is 2. The van der Waals surface area contributed by atoms with Gasteiger partial charge in [-0.2, -0.15) is 0 Å². The molecule has 1 aliphatic carbocycles. The number of aliphatic hydroxyl groups is 1. The largest absolute Gasteiger partial charge is 0.459 e. The summed E-state index contributed by atoms with van der Waals surface area (Å²) in [6, 6.07) is 0.630. The van der Waals surface area contributed by atoms with Crippen LogP contribution in [0.4, 0.5) is 0 Å². The number of rotatable bonds is 8. The highest BCUT2D eigenvalue weighted by Crippen LogP contribution is 2.43. The molecule has 4 aliphatic rings. The Bertz CT molecular complexity index is 619. The Morgan fingerprint density at radius 2 is 1.78 bits per heavy atom. The van der Waals surface area contributed by atoms with Gasteiger partial charge in [0.25, 0.3) is 5.91 Å². The molecule has 3 aliphatic heterocycles. The molecule has 3 heterocycles. The van der Waals surface area contributed by atoms with Gasteiger partial charge in [0.15, 0.2) is 5.76 Å². The number of ether oxygens (including phenoxy) is 2. The number of aliphatic hydroxyl groups excluding tert-OH is 1. The highest BCUT2D eigenvalue weighted by Gasteiger charge is 2.42. The molecule has 32 heavy (non-hydrogen) atoms. The second-order valence-corrected chi connectivity index (χ2v) is 10.2. The summed E-state index contributed by atoms with van der Waals surface area (Å²) in [4.78, 5) is 18.1. The van der Waals surface area contributed by atoms with Crippen LogP contribution in [0.3, 0.4) is 0 Å². The minimum absolute atomic E-state index is 0.0513. The molecule has 6 heteroatoms. The number of allylic oxidation sites excluding steroid dienone is 1. The first-order chi connectivity index (χ1) is 15.7. The van der Waals surface area contributed by atoms with Gasteiger partial charge in [-0.25, -0.2) is 0 Å². The van der Waals surface area contributed by atoms with Crippen LogP contribution in [0.25, 0.3) is 0 Å². The lowest BCUT2D eigenvalue weighted by molar-refractivity contribution is -0.179. The molecule has 0 bridgehead atoms. The highest BCUT2D eigenvalue weighted by molar-refractivity contribution is 5.91. The molecular formula is C26H44N2O4. The van der Waals surface area contributed by atoms with E-state index in [9.17, 15) is 9.90 Å². The van der Waals surface area contributed by atoms with Gasteiger partial charge in [-0.15, -0.1) is 0 Å². The molecule has 1 amide bonds. The third-order valence-electron chi connectivity index (χ3n) is 8.27. The van der Waals surface area contributed by atoms with Gasteiger partial charge in [0.1, 0.15) is 0 Å². The SMILES string of the molecule is CCO[C@@H]1OC(C(=O)N2CCC(N3CCCCC3)CC2)=C[C@H](C2CCCC2)[C@@H]1CCCO. The summed E-state index contributed by atoms with van der Waals surface area (Å²) in [6.45, 7) is 6.84. The van der Waals surface area contributed by atoms with Crippen molar-refractivity contribution >= 4 is 5.91 Å². The highest BCUT2D eigenvalue weighted by atomic mass is 16.7. The van der Waals surface area contributed by atoms with Crippen LogP contribution >= 0.6 is 0 Å². The predicted molar refractivity (Wildman–Crippen MR) is 125 cm³/mol. The fraction of sp³-hybridized carbons (Fsp3) is 0.885. The van der Waals surface area contributed by atoms with Crippen LogP contribution in [0.1, 0.15) is 77.6 Å². The Morgan fingerprint density at radius 1 is 1.06 bits per heavy atom. The van der Waals surface area contributed by atoms with Gasteiger partial charge in [-0.05, 0) is 89.3 Å². The maximum absolute atomic E-state index is 13.5. The van der Waals surface area contributed by atoms with Crippen LogP contribution in [0, 0.1) is 17.8 Å². The van der Waals surface area contributed by atoms with Crippen molar-refractivity contribution in [3.05, 3.63) is 11.8 Å². The van der Waals surface area contributed by atoms with Crippen molar-refractivity contribution in [1.29, 1.82) is 0 Å². The maximum atomic E-state index is 13.5. The number of carbonyl (C=O) groups is 1. The molecule has 2 saturated heterocycles. The standard InChI is InChI=1S/C26H44N2O4/c1-2-31-26-22(11-8-18-29)23(20-9-4-5-10-20)19-24(32-26)25(30)28-16-12-21(13-17-28)27-14-6-3-7-15-27/h19-23,26,29H,2-18H2,1H3/t22-,23+,26+/m0/s1. The van der Waals surface area contributed by atoms with E-state index < -0.39 is 0 Å². The molecule has 0 aromatic heterocycles. The molecular weight excluding hydrogens is 404 g/mol. The maximum Gasteiger partial charge on any atom is 0.288 e. The van der Waals surface area contributed by atoms with Gasteiger partial charge in [-0.1, -0.05) is 19.3 Å². The topological polar surface area (TPSA) is 62.2 Å². The molecule has 0 aromatic carbocycles. The Morgan fingerprint density at radius 3 is 2.44 bits per heavy atom. The van der Waals surface area contributed by atoms with Gasteiger partial charge >= 0.3 is 0 Å². The number of nitrogens with zero attached hydrogens (tertiary/aromatic N) is 2. The van der Waals surface area contributed by atoms with E-state index in [1.165, 1.54) is 58.0 Å². The zero-order valence-electron chi connectivity index (χ0n) is 20.1. The van der Waals surface area contributed by atoms with Crippen LogP contribution in [0.15, 0.2) is 11.8 Å². The molecule has 4 rings (SSSR count). The predicted octanol–water partition coefficient (Wildman–Crippen LogP) is 3.94. The minimum atomic E-state index is -0.382. The van der Waals surface area contributed by atoms with Gasteiger partial charge in [0.05, 0.1) is 0 Å². The number of carbonyl (C=O) groups excluding carboxylic acids is 1. The molecule has 3 fully saturated rings. The summed E-state index contributed by atoms with van der Waals surface area (Å²) in [5.74, 6) is 1.68. The smallest absolute Gasteiger partial charge is 0.288 e. The Labute approximate surface area is 194 Å². The summed E-state index contributed by atoms with van der Waals surface area (Å²) in [5, 5.41) is 9.43. The lowest BCUT2D eigenvalue weighted by atomic mass is 9.76. The van der Waals surface area contributed by atoms with Crippen LogP contribution in [-0.2, 0) is 14.3 Å². The summed E-state index contributed by atoms with van der Waals surface area (Å²) < 4.78 is 12.3. The third kappa shape index (κ3) is 5.68. The summed E-state index contributed by atoms with van der Waals surface area (Å²) in [7, 11) is 0. The zero-order chi connectivity index (χ0) is 22.3. The quantitative estimate of drug-likeness (QED) is 0.610. The summed E-state index contributed by atoms with van der Waals surface area (Å²) >= 11 is 0. The minimum Gasteiger partial charge on any atom is -0.459 e. The molecule has 6 nitrogen and oxygen atoms in total. The van der Waals surface area contributed by atoms with E-state index >= 15 is 0 Å². The molecule has 1 N–H and O–H groups in total. The van der Waals surface area contributed by atoms with Crippen molar-refractivity contribution in [2.45, 2.75) is 89.9 Å². The third-order valence-corrected chi connectivity index (χ3v) is 8.27. The lowest BCUT2D eigenvalue weighted by Crippen LogP contribution is -2.49. The molecule has 0 aromatic rings. The van der Waals surface area contributed by atoms with E-state index in [4.69, 9.17) is 9.47 Å². The van der Waals surface area contributed by atoms with Crippen molar-refractivity contribution < 1.29 is 19.4 Å². The Hall–Kier alpha value is -1.11. The second-order valence-electron chi connectivity index (χ2n) is 10.2. The second kappa shape index (κ2) is 11.8. The van der Waals surface area contributed by atoms with E-state index in [0.29, 0.717) is 30.2 Å². The average Bonchev–Trinajstić information content (AvgIpc) is 3.38. The van der Waals surface area contributed by atoms with Crippen molar-refractivity contribution in [1.82, 2.24) is 9.80 Å². The number of hydrogen-bond donors (Lipinski definition) is 1. The number of hydrogen-bond acceptors (Lipinski definition) is 5. The Balaban J connectivity index is 1.44. The monoisotopic (exact) mass is 448 g/mol. The molecule has 0 spiro atoms. The molecule has 0 unspecified atom stereocenters. The van der Waals surface area contributed by atoms with E-state index in [1.807, 2.05) is 11.8 Å². The van der Waals surface area contributed by atoms with E-state index in [-0.39, 0.29) is 24.7 Å². The van der Waals surface area contributed by atoms with Crippen LogP contribution in [-0.4, -0.2) is 72.5 Å². The lowest BCUT2D eigenvalue weighted by Gasteiger charge is -2.42.